The van der Waals surface area contributed by atoms with Gasteiger partial charge in [-0.1, -0.05) is 33.6 Å². The molecule has 0 fully saturated rings. The predicted octanol–water partition coefficient (Wildman–Crippen LogP) is 3.21. The largest absolute Gasteiger partial charge is 0.495 e. The maximum atomic E-state index is 6.28. The van der Waals surface area contributed by atoms with E-state index < -0.39 is 0 Å². The summed E-state index contributed by atoms with van der Waals surface area (Å²) in [5.41, 5.74) is 9.44. The van der Waals surface area contributed by atoms with Crippen LogP contribution in [0, 0.1) is 6.92 Å². The highest BCUT2D eigenvalue weighted by Crippen LogP contribution is 2.28. The van der Waals surface area contributed by atoms with Crippen molar-refractivity contribution in [3.8, 4) is 5.75 Å². The van der Waals surface area contributed by atoms with Crippen molar-refractivity contribution in [1.82, 2.24) is 4.98 Å². The minimum absolute atomic E-state index is 0.220. The van der Waals surface area contributed by atoms with Crippen molar-refractivity contribution in [2.24, 2.45) is 5.73 Å². The number of benzene rings is 1. The number of ether oxygens (including phenoxy) is 1. The molecule has 1 aromatic heterocycles. The van der Waals surface area contributed by atoms with Gasteiger partial charge in [-0.15, -0.1) is 0 Å². The SMILES string of the molecule is COc1cncc(C(N)c2cc(C)ccc2Br)c1. The third-order valence-electron chi connectivity index (χ3n) is 2.82. The van der Waals surface area contributed by atoms with Crippen molar-refractivity contribution in [1.29, 1.82) is 0 Å². The molecule has 0 aliphatic heterocycles. The number of hydrogen-bond donors (Lipinski definition) is 1. The Morgan fingerprint density at radius 1 is 1.28 bits per heavy atom. The number of aromatic nitrogens is 1. The van der Waals surface area contributed by atoms with Crippen LogP contribution in [0.15, 0.2) is 41.1 Å². The summed E-state index contributed by atoms with van der Waals surface area (Å²) in [5, 5.41) is 0. The summed E-state index contributed by atoms with van der Waals surface area (Å²) in [4.78, 5) is 4.13. The minimum atomic E-state index is -0.220. The molecule has 2 rings (SSSR count). The molecule has 1 aromatic carbocycles. The van der Waals surface area contributed by atoms with Gasteiger partial charge in [-0.05, 0) is 30.2 Å². The van der Waals surface area contributed by atoms with E-state index in [4.69, 9.17) is 10.5 Å². The van der Waals surface area contributed by atoms with E-state index in [1.54, 1.807) is 19.5 Å². The second-order valence-electron chi connectivity index (χ2n) is 4.16. The zero-order valence-electron chi connectivity index (χ0n) is 10.4. The maximum absolute atomic E-state index is 6.28. The third kappa shape index (κ3) is 2.71. The first-order valence-electron chi connectivity index (χ1n) is 5.62. The highest BCUT2D eigenvalue weighted by molar-refractivity contribution is 9.10. The highest BCUT2D eigenvalue weighted by Gasteiger charge is 2.13. The maximum Gasteiger partial charge on any atom is 0.137 e. The molecule has 94 valence electrons. The number of pyridine rings is 1. The van der Waals surface area contributed by atoms with Gasteiger partial charge in [0.05, 0.1) is 19.3 Å². The monoisotopic (exact) mass is 306 g/mol. The fourth-order valence-corrected chi connectivity index (χ4v) is 2.29. The molecule has 3 nitrogen and oxygen atoms in total. The minimum Gasteiger partial charge on any atom is -0.495 e. The van der Waals surface area contributed by atoms with Gasteiger partial charge >= 0.3 is 0 Å². The fourth-order valence-electron chi connectivity index (χ4n) is 1.80. The van der Waals surface area contributed by atoms with Crippen molar-refractivity contribution in [2.45, 2.75) is 13.0 Å². The van der Waals surface area contributed by atoms with E-state index in [1.165, 1.54) is 5.56 Å². The van der Waals surface area contributed by atoms with Gasteiger partial charge in [-0.3, -0.25) is 4.98 Å². The highest BCUT2D eigenvalue weighted by atomic mass is 79.9. The normalized spacial score (nSPS) is 12.2. The predicted molar refractivity (Wildman–Crippen MR) is 75.7 cm³/mol. The second-order valence-corrected chi connectivity index (χ2v) is 5.02. The lowest BCUT2D eigenvalue weighted by Crippen LogP contribution is -2.13. The smallest absolute Gasteiger partial charge is 0.137 e. The molecule has 0 saturated heterocycles. The first-order valence-corrected chi connectivity index (χ1v) is 6.41. The molecule has 2 aromatic rings. The lowest BCUT2D eigenvalue weighted by atomic mass is 9.99. The Bertz CT molecular complexity index is 557. The van der Waals surface area contributed by atoms with Crippen molar-refractivity contribution in [3.63, 3.8) is 0 Å². The van der Waals surface area contributed by atoms with Crippen LogP contribution in [0.4, 0.5) is 0 Å². The third-order valence-corrected chi connectivity index (χ3v) is 3.54. The molecule has 1 unspecified atom stereocenters. The quantitative estimate of drug-likeness (QED) is 0.947. The molecule has 0 aliphatic rings. The molecule has 2 N–H and O–H groups in total. The van der Waals surface area contributed by atoms with Gasteiger partial charge in [-0.25, -0.2) is 0 Å². The van der Waals surface area contributed by atoms with Gasteiger partial charge in [-0.2, -0.15) is 0 Å². The Balaban J connectivity index is 2.40. The molecule has 18 heavy (non-hydrogen) atoms. The van der Waals surface area contributed by atoms with Crippen LogP contribution in [0.5, 0.6) is 5.75 Å². The molecule has 0 radical (unpaired) electrons. The number of aryl methyl sites for hydroxylation is 1. The van der Waals surface area contributed by atoms with Crippen LogP contribution in [0.25, 0.3) is 0 Å². The van der Waals surface area contributed by atoms with Crippen molar-refractivity contribution in [2.75, 3.05) is 7.11 Å². The summed E-state index contributed by atoms with van der Waals surface area (Å²) in [7, 11) is 1.62. The van der Waals surface area contributed by atoms with Gasteiger partial charge < -0.3 is 10.5 Å². The summed E-state index contributed by atoms with van der Waals surface area (Å²) in [6, 6.07) is 7.82. The van der Waals surface area contributed by atoms with Crippen LogP contribution in [-0.2, 0) is 0 Å². The molecule has 0 aliphatic carbocycles. The summed E-state index contributed by atoms with van der Waals surface area (Å²) in [5.74, 6) is 0.715. The van der Waals surface area contributed by atoms with Crippen LogP contribution in [0.3, 0.4) is 0 Å². The Morgan fingerprint density at radius 2 is 2.06 bits per heavy atom. The Labute approximate surface area is 115 Å². The van der Waals surface area contributed by atoms with E-state index in [1.807, 2.05) is 25.1 Å². The van der Waals surface area contributed by atoms with Crippen molar-refractivity contribution >= 4 is 15.9 Å². The number of halogens is 1. The topological polar surface area (TPSA) is 48.1 Å². The molecule has 0 spiro atoms. The van der Waals surface area contributed by atoms with Gasteiger partial charge in [0.15, 0.2) is 0 Å². The number of hydrogen-bond acceptors (Lipinski definition) is 3. The average Bonchev–Trinajstić information content (AvgIpc) is 2.41. The van der Waals surface area contributed by atoms with Crippen LogP contribution < -0.4 is 10.5 Å². The fraction of sp³-hybridized carbons (Fsp3) is 0.214. The van der Waals surface area contributed by atoms with E-state index in [0.29, 0.717) is 5.75 Å². The zero-order chi connectivity index (χ0) is 13.1. The first kappa shape index (κ1) is 13.1. The number of nitrogens with two attached hydrogens (primary N) is 1. The van der Waals surface area contributed by atoms with Gasteiger partial charge in [0.1, 0.15) is 5.75 Å². The lowest BCUT2D eigenvalue weighted by molar-refractivity contribution is 0.412. The summed E-state index contributed by atoms with van der Waals surface area (Å²) < 4.78 is 6.17. The van der Waals surface area contributed by atoms with E-state index >= 15 is 0 Å². The van der Waals surface area contributed by atoms with Crippen LogP contribution in [0.2, 0.25) is 0 Å². The number of nitrogens with zero attached hydrogens (tertiary/aromatic N) is 1. The number of methoxy groups -OCH3 is 1. The molecule has 1 atom stereocenters. The zero-order valence-corrected chi connectivity index (χ0v) is 11.9. The van der Waals surface area contributed by atoms with Crippen LogP contribution >= 0.6 is 15.9 Å². The summed E-state index contributed by atoms with van der Waals surface area (Å²) in [6.45, 7) is 2.05. The van der Waals surface area contributed by atoms with Gasteiger partial charge in [0.2, 0.25) is 0 Å². The summed E-state index contributed by atoms with van der Waals surface area (Å²) in [6.07, 6.45) is 3.43. The van der Waals surface area contributed by atoms with Gasteiger partial charge in [0.25, 0.3) is 0 Å². The molecular formula is C14H15BrN2O. The van der Waals surface area contributed by atoms with Crippen LogP contribution in [-0.4, -0.2) is 12.1 Å². The number of rotatable bonds is 3. The molecule has 0 amide bonds. The Kier molecular flexibility index (Phi) is 3.99. The molecule has 0 bridgehead atoms. The standard InChI is InChI=1S/C14H15BrN2O/c1-9-3-4-13(15)12(5-9)14(16)10-6-11(18-2)8-17-7-10/h3-8,14H,16H2,1-2H3. The lowest BCUT2D eigenvalue weighted by Gasteiger charge is -2.15. The summed E-state index contributed by atoms with van der Waals surface area (Å²) >= 11 is 3.53. The van der Waals surface area contributed by atoms with E-state index in [-0.39, 0.29) is 6.04 Å². The van der Waals surface area contributed by atoms with Crippen molar-refractivity contribution < 1.29 is 4.74 Å². The van der Waals surface area contributed by atoms with E-state index in [9.17, 15) is 0 Å². The molecule has 4 heteroatoms. The Morgan fingerprint density at radius 3 is 2.78 bits per heavy atom. The Hall–Kier alpha value is -1.39. The molecule has 1 heterocycles. The molecular weight excluding hydrogens is 292 g/mol. The first-order chi connectivity index (χ1) is 8.61. The van der Waals surface area contributed by atoms with Gasteiger partial charge in [0, 0.05) is 10.7 Å². The van der Waals surface area contributed by atoms with E-state index in [2.05, 4.69) is 27.0 Å². The van der Waals surface area contributed by atoms with Crippen LogP contribution in [0.1, 0.15) is 22.7 Å². The van der Waals surface area contributed by atoms with Crippen molar-refractivity contribution in [3.05, 3.63) is 57.8 Å². The second kappa shape index (κ2) is 5.50. The molecule has 0 saturated carbocycles. The van der Waals surface area contributed by atoms with E-state index in [0.717, 1.165) is 15.6 Å². The average molecular weight is 307 g/mol.